The smallest absolute Gasteiger partial charge is 0.209 e. The SMILES string of the molecule is COc1ccc(C(=O)[C@H](C)Sc2n[nH]c(-c3ccccc3)n2)cc1. The second-order valence-corrected chi connectivity index (χ2v) is 6.49. The van der Waals surface area contributed by atoms with Crippen LogP contribution in [-0.4, -0.2) is 33.3 Å². The molecule has 0 aliphatic carbocycles. The van der Waals surface area contributed by atoms with E-state index in [1.807, 2.05) is 37.3 Å². The van der Waals surface area contributed by atoms with E-state index in [0.29, 0.717) is 16.5 Å². The van der Waals surface area contributed by atoms with Crippen LogP contribution >= 0.6 is 11.8 Å². The Hall–Kier alpha value is -2.60. The zero-order chi connectivity index (χ0) is 16.9. The number of ether oxygens (including phenoxy) is 1. The van der Waals surface area contributed by atoms with Crippen molar-refractivity contribution in [1.29, 1.82) is 0 Å². The second kappa shape index (κ2) is 7.31. The fourth-order valence-electron chi connectivity index (χ4n) is 2.23. The van der Waals surface area contributed by atoms with Crippen molar-refractivity contribution in [3.05, 3.63) is 60.2 Å². The number of Topliss-reactive ketones (excluding diaryl/α,β-unsaturated/α-hetero) is 1. The fourth-order valence-corrected chi connectivity index (χ4v) is 3.03. The summed E-state index contributed by atoms with van der Waals surface area (Å²) in [5.74, 6) is 1.46. The highest BCUT2D eigenvalue weighted by Gasteiger charge is 2.19. The fraction of sp³-hybridized carbons (Fsp3) is 0.167. The third kappa shape index (κ3) is 3.65. The molecule has 0 saturated heterocycles. The predicted octanol–water partition coefficient (Wildman–Crippen LogP) is 3.84. The molecule has 0 aliphatic rings. The molecule has 2 aromatic carbocycles. The molecule has 1 atom stereocenters. The number of nitrogens with one attached hydrogen (secondary N) is 1. The van der Waals surface area contributed by atoms with E-state index in [4.69, 9.17) is 4.74 Å². The van der Waals surface area contributed by atoms with Crippen LogP contribution in [0, 0.1) is 0 Å². The largest absolute Gasteiger partial charge is 0.497 e. The van der Waals surface area contributed by atoms with Crippen LogP contribution in [0.15, 0.2) is 59.8 Å². The first kappa shape index (κ1) is 16.3. The summed E-state index contributed by atoms with van der Waals surface area (Å²) in [6.45, 7) is 1.86. The maximum absolute atomic E-state index is 12.5. The van der Waals surface area contributed by atoms with Crippen LogP contribution < -0.4 is 4.74 Å². The Kier molecular flexibility index (Phi) is 4.96. The first-order valence-electron chi connectivity index (χ1n) is 7.50. The highest BCUT2D eigenvalue weighted by Crippen LogP contribution is 2.25. The Balaban J connectivity index is 1.69. The summed E-state index contributed by atoms with van der Waals surface area (Å²) in [4.78, 5) is 16.9. The van der Waals surface area contributed by atoms with E-state index >= 15 is 0 Å². The molecular formula is C18H17N3O2S. The van der Waals surface area contributed by atoms with Crippen LogP contribution in [0.4, 0.5) is 0 Å². The van der Waals surface area contributed by atoms with Crippen molar-refractivity contribution in [2.75, 3.05) is 7.11 Å². The number of aromatic amines is 1. The lowest BCUT2D eigenvalue weighted by Crippen LogP contribution is -2.13. The summed E-state index contributed by atoms with van der Waals surface area (Å²) in [7, 11) is 1.60. The zero-order valence-corrected chi connectivity index (χ0v) is 14.2. The standard InChI is InChI=1S/C18H17N3O2S/c1-12(16(22)13-8-10-15(23-2)11-9-13)24-18-19-17(20-21-18)14-6-4-3-5-7-14/h3-12H,1-2H3,(H,19,20,21)/t12-/m0/s1. The molecule has 0 bridgehead atoms. The van der Waals surface area contributed by atoms with E-state index in [1.54, 1.807) is 31.4 Å². The Labute approximate surface area is 144 Å². The second-order valence-electron chi connectivity index (χ2n) is 5.19. The molecule has 1 heterocycles. The number of ketones is 1. The van der Waals surface area contributed by atoms with Gasteiger partial charge in [-0.05, 0) is 31.2 Å². The molecule has 122 valence electrons. The molecule has 3 aromatic rings. The normalized spacial score (nSPS) is 11.9. The maximum Gasteiger partial charge on any atom is 0.209 e. The molecule has 0 unspecified atom stereocenters. The van der Waals surface area contributed by atoms with Crippen LogP contribution in [0.2, 0.25) is 0 Å². The molecule has 0 fully saturated rings. The van der Waals surface area contributed by atoms with Gasteiger partial charge in [-0.25, -0.2) is 4.98 Å². The van der Waals surface area contributed by atoms with Crippen LogP contribution in [0.25, 0.3) is 11.4 Å². The van der Waals surface area contributed by atoms with E-state index in [0.717, 1.165) is 11.3 Å². The first-order valence-corrected chi connectivity index (χ1v) is 8.38. The number of rotatable bonds is 6. The van der Waals surface area contributed by atoms with E-state index < -0.39 is 0 Å². The number of thioether (sulfide) groups is 1. The van der Waals surface area contributed by atoms with Gasteiger partial charge >= 0.3 is 0 Å². The van der Waals surface area contributed by atoms with Crippen molar-refractivity contribution in [3.8, 4) is 17.1 Å². The quantitative estimate of drug-likeness (QED) is 0.546. The van der Waals surface area contributed by atoms with Crippen molar-refractivity contribution < 1.29 is 9.53 Å². The van der Waals surface area contributed by atoms with Crippen molar-refractivity contribution in [2.45, 2.75) is 17.3 Å². The van der Waals surface area contributed by atoms with Crippen molar-refractivity contribution >= 4 is 17.5 Å². The van der Waals surface area contributed by atoms with Gasteiger partial charge in [0.15, 0.2) is 11.6 Å². The highest BCUT2D eigenvalue weighted by molar-refractivity contribution is 8.00. The van der Waals surface area contributed by atoms with E-state index in [2.05, 4.69) is 15.2 Å². The Morgan fingerprint density at radius 3 is 2.50 bits per heavy atom. The van der Waals surface area contributed by atoms with Gasteiger partial charge in [0.1, 0.15) is 5.75 Å². The number of H-pyrrole nitrogens is 1. The van der Waals surface area contributed by atoms with Gasteiger partial charge in [0.25, 0.3) is 0 Å². The lowest BCUT2D eigenvalue weighted by atomic mass is 10.1. The molecule has 0 aliphatic heterocycles. The predicted molar refractivity (Wildman–Crippen MR) is 94.5 cm³/mol. The van der Waals surface area contributed by atoms with Crippen LogP contribution in [0.3, 0.4) is 0 Å². The molecular weight excluding hydrogens is 322 g/mol. The van der Waals surface area contributed by atoms with Crippen molar-refractivity contribution in [1.82, 2.24) is 15.2 Å². The average Bonchev–Trinajstić information content (AvgIpc) is 3.10. The zero-order valence-electron chi connectivity index (χ0n) is 13.4. The summed E-state index contributed by atoms with van der Waals surface area (Å²) in [6.07, 6.45) is 0. The molecule has 6 heteroatoms. The monoisotopic (exact) mass is 339 g/mol. The number of hydrogen-bond donors (Lipinski definition) is 1. The number of hydrogen-bond acceptors (Lipinski definition) is 5. The molecule has 1 aromatic heterocycles. The third-order valence-corrected chi connectivity index (χ3v) is 4.50. The van der Waals surface area contributed by atoms with Gasteiger partial charge in [-0.1, -0.05) is 42.1 Å². The molecule has 5 nitrogen and oxygen atoms in total. The van der Waals surface area contributed by atoms with Crippen LogP contribution in [-0.2, 0) is 0 Å². The lowest BCUT2D eigenvalue weighted by Gasteiger charge is -2.08. The molecule has 24 heavy (non-hydrogen) atoms. The lowest BCUT2D eigenvalue weighted by molar-refractivity contribution is 0.0994. The number of benzene rings is 2. The molecule has 0 spiro atoms. The van der Waals surface area contributed by atoms with E-state index in [9.17, 15) is 4.79 Å². The minimum Gasteiger partial charge on any atom is -0.497 e. The Morgan fingerprint density at radius 1 is 1.12 bits per heavy atom. The van der Waals surface area contributed by atoms with Crippen LogP contribution in [0.1, 0.15) is 17.3 Å². The van der Waals surface area contributed by atoms with Gasteiger partial charge in [0.05, 0.1) is 12.4 Å². The molecule has 0 radical (unpaired) electrons. The summed E-state index contributed by atoms with van der Waals surface area (Å²) >= 11 is 1.34. The van der Waals surface area contributed by atoms with E-state index in [1.165, 1.54) is 11.8 Å². The van der Waals surface area contributed by atoms with Gasteiger partial charge in [-0.3, -0.25) is 9.89 Å². The van der Waals surface area contributed by atoms with Gasteiger partial charge in [0.2, 0.25) is 5.16 Å². The van der Waals surface area contributed by atoms with E-state index in [-0.39, 0.29) is 11.0 Å². The minimum atomic E-state index is -0.280. The molecule has 0 saturated carbocycles. The highest BCUT2D eigenvalue weighted by atomic mass is 32.2. The number of methoxy groups -OCH3 is 1. The number of carbonyl (C=O) groups excluding carboxylic acids is 1. The van der Waals surface area contributed by atoms with Crippen molar-refractivity contribution in [2.24, 2.45) is 0 Å². The Morgan fingerprint density at radius 2 is 1.83 bits per heavy atom. The summed E-state index contributed by atoms with van der Waals surface area (Å²) in [5.41, 5.74) is 1.61. The van der Waals surface area contributed by atoms with Gasteiger partial charge < -0.3 is 4.74 Å². The number of nitrogens with zero attached hydrogens (tertiary/aromatic N) is 2. The van der Waals surface area contributed by atoms with Crippen molar-refractivity contribution in [3.63, 3.8) is 0 Å². The maximum atomic E-state index is 12.5. The molecule has 0 amide bonds. The molecule has 1 N–H and O–H groups in total. The topological polar surface area (TPSA) is 67.9 Å². The van der Waals surface area contributed by atoms with Crippen LogP contribution in [0.5, 0.6) is 5.75 Å². The summed E-state index contributed by atoms with van der Waals surface area (Å²) in [5, 5.41) is 7.38. The Bertz CT molecular complexity index is 816. The first-order chi connectivity index (χ1) is 11.7. The third-order valence-electron chi connectivity index (χ3n) is 3.54. The average molecular weight is 339 g/mol. The summed E-state index contributed by atoms with van der Waals surface area (Å²) in [6, 6.07) is 16.9. The van der Waals surface area contributed by atoms with Gasteiger partial charge in [-0.2, -0.15) is 0 Å². The summed E-state index contributed by atoms with van der Waals surface area (Å²) < 4.78 is 5.11. The minimum absolute atomic E-state index is 0.0358. The number of aromatic nitrogens is 3. The van der Waals surface area contributed by atoms with Gasteiger partial charge in [0, 0.05) is 11.1 Å². The molecule has 3 rings (SSSR count). The van der Waals surface area contributed by atoms with Gasteiger partial charge in [-0.15, -0.1) is 5.10 Å². The number of carbonyl (C=O) groups is 1.